The van der Waals surface area contributed by atoms with E-state index >= 15 is 0 Å². The second-order valence-electron chi connectivity index (χ2n) is 4.22. The Morgan fingerprint density at radius 2 is 2.10 bits per heavy atom. The molecule has 0 unspecified atom stereocenters. The van der Waals surface area contributed by atoms with Crippen LogP contribution in [0, 0.1) is 5.82 Å². The quantitative estimate of drug-likeness (QED) is 0.823. The summed E-state index contributed by atoms with van der Waals surface area (Å²) >= 11 is 0. The van der Waals surface area contributed by atoms with Crippen molar-refractivity contribution >= 4 is 11.8 Å². The molecule has 8 heteroatoms. The number of para-hydroxylation sites is 1. The topological polar surface area (TPSA) is 91.5 Å². The maximum absolute atomic E-state index is 13.7. The second kappa shape index (κ2) is 6.31. The van der Waals surface area contributed by atoms with E-state index in [-0.39, 0.29) is 30.4 Å². The van der Waals surface area contributed by atoms with E-state index in [9.17, 15) is 14.3 Å². The molecule has 2 aromatic rings. The van der Waals surface area contributed by atoms with Gasteiger partial charge in [0.2, 0.25) is 5.69 Å². The molecule has 2 rings (SSSR count). The summed E-state index contributed by atoms with van der Waals surface area (Å²) in [7, 11) is 0. The van der Waals surface area contributed by atoms with Gasteiger partial charge in [0.15, 0.2) is 11.6 Å². The number of anilines is 1. The van der Waals surface area contributed by atoms with Gasteiger partial charge >= 0.3 is 5.97 Å². The monoisotopic (exact) mass is 294 g/mol. The maximum atomic E-state index is 13.7. The Balaban J connectivity index is 2.51. The van der Waals surface area contributed by atoms with Crippen molar-refractivity contribution in [2.24, 2.45) is 0 Å². The van der Waals surface area contributed by atoms with Gasteiger partial charge in [0, 0.05) is 13.1 Å². The molecule has 0 saturated heterocycles. The van der Waals surface area contributed by atoms with Gasteiger partial charge in [0.1, 0.15) is 5.69 Å². The number of aromatic nitrogens is 3. The highest BCUT2D eigenvalue weighted by atomic mass is 19.1. The number of carbonyl (C=O) groups is 1. The molecule has 1 aromatic heterocycles. The standard InChI is InChI=1S/C13H15FN4O3/c1-2-17(7-8-19)12-11(13(20)21)15-18(16-12)10-6-4-3-5-9(10)14/h3-6,19H,2,7-8H2,1H3,(H,20,21). The normalized spacial score (nSPS) is 10.6. The van der Waals surface area contributed by atoms with E-state index in [0.717, 1.165) is 4.80 Å². The van der Waals surface area contributed by atoms with Gasteiger partial charge in [0.25, 0.3) is 0 Å². The van der Waals surface area contributed by atoms with Crippen LogP contribution in [0.1, 0.15) is 17.4 Å². The number of likely N-dealkylation sites (N-methyl/N-ethyl adjacent to an activating group) is 1. The number of halogens is 1. The predicted molar refractivity (Wildman–Crippen MR) is 73.2 cm³/mol. The maximum Gasteiger partial charge on any atom is 0.360 e. The van der Waals surface area contributed by atoms with Crippen LogP contribution in [0.2, 0.25) is 0 Å². The lowest BCUT2D eigenvalue weighted by atomic mass is 10.3. The first-order valence-electron chi connectivity index (χ1n) is 6.39. The van der Waals surface area contributed by atoms with Gasteiger partial charge in [-0.25, -0.2) is 9.18 Å². The molecule has 0 atom stereocenters. The summed E-state index contributed by atoms with van der Waals surface area (Å²) in [5, 5.41) is 26.1. The number of aromatic carboxylic acids is 1. The third-order valence-corrected chi connectivity index (χ3v) is 2.92. The van der Waals surface area contributed by atoms with E-state index in [1.807, 2.05) is 0 Å². The molecule has 0 fully saturated rings. The second-order valence-corrected chi connectivity index (χ2v) is 4.22. The molecule has 1 heterocycles. The fourth-order valence-corrected chi connectivity index (χ4v) is 1.91. The van der Waals surface area contributed by atoms with Crippen molar-refractivity contribution in [3.63, 3.8) is 0 Å². The number of carboxylic acids is 1. The lowest BCUT2D eigenvalue weighted by Crippen LogP contribution is -2.28. The van der Waals surface area contributed by atoms with Crippen LogP contribution < -0.4 is 4.90 Å². The Labute approximate surface area is 120 Å². The third-order valence-electron chi connectivity index (χ3n) is 2.92. The summed E-state index contributed by atoms with van der Waals surface area (Å²) in [6.45, 7) is 2.30. The lowest BCUT2D eigenvalue weighted by Gasteiger charge is -2.18. The van der Waals surface area contributed by atoms with Gasteiger partial charge in [-0.15, -0.1) is 15.0 Å². The van der Waals surface area contributed by atoms with E-state index in [1.165, 1.54) is 18.2 Å². The summed E-state index contributed by atoms with van der Waals surface area (Å²) in [4.78, 5) is 13.8. The first kappa shape index (κ1) is 14.9. The Morgan fingerprint density at radius 3 is 2.67 bits per heavy atom. The molecule has 21 heavy (non-hydrogen) atoms. The minimum atomic E-state index is -1.26. The van der Waals surface area contributed by atoms with Gasteiger partial charge in [-0.3, -0.25) is 0 Å². The molecule has 0 bridgehead atoms. The largest absolute Gasteiger partial charge is 0.476 e. The van der Waals surface area contributed by atoms with Crippen molar-refractivity contribution in [3.8, 4) is 5.69 Å². The molecule has 1 aromatic carbocycles. The first-order valence-corrected chi connectivity index (χ1v) is 6.39. The number of aliphatic hydroxyl groups excluding tert-OH is 1. The van der Waals surface area contributed by atoms with Gasteiger partial charge in [-0.2, -0.15) is 0 Å². The first-order chi connectivity index (χ1) is 10.1. The van der Waals surface area contributed by atoms with Crippen molar-refractivity contribution in [2.45, 2.75) is 6.92 Å². The SMILES string of the molecule is CCN(CCO)c1nn(-c2ccccc2F)nc1C(=O)O. The molecule has 0 aliphatic heterocycles. The summed E-state index contributed by atoms with van der Waals surface area (Å²) < 4.78 is 13.7. The zero-order valence-electron chi connectivity index (χ0n) is 11.4. The molecule has 0 radical (unpaired) electrons. The molecule has 0 saturated carbocycles. The van der Waals surface area contributed by atoms with Crippen molar-refractivity contribution in [1.82, 2.24) is 15.0 Å². The van der Waals surface area contributed by atoms with Crippen molar-refractivity contribution in [2.75, 3.05) is 24.6 Å². The Bertz CT molecular complexity index is 644. The average Bonchev–Trinajstić information content (AvgIpc) is 2.90. The number of rotatable bonds is 6. The summed E-state index contributed by atoms with van der Waals surface area (Å²) in [5.74, 6) is -1.72. The molecule has 0 spiro atoms. The van der Waals surface area contributed by atoms with Crippen LogP contribution in [-0.4, -0.2) is 50.9 Å². The highest BCUT2D eigenvalue weighted by Gasteiger charge is 2.23. The van der Waals surface area contributed by atoms with Gasteiger partial charge in [0.05, 0.1) is 6.61 Å². The molecule has 0 aliphatic rings. The highest BCUT2D eigenvalue weighted by molar-refractivity contribution is 5.91. The summed E-state index contributed by atoms with van der Waals surface area (Å²) in [6, 6.07) is 5.82. The zero-order valence-corrected chi connectivity index (χ0v) is 11.4. The van der Waals surface area contributed by atoms with Crippen molar-refractivity contribution in [3.05, 3.63) is 35.8 Å². The van der Waals surface area contributed by atoms with E-state index in [4.69, 9.17) is 5.11 Å². The number of hydrogen-bond donors (Lipinski definition) is 2. The molecule has 0 aliphatic carbocycles. The molecule has 0 amide bonds. The van der Waals surface area contributed by atoms with Gasteiger partial charge in [-0.05, 0) is 19.1 Å². The van der Waals surface area contributed by atoms with Crippen LogP contribution in [0.5, 0.6) is 0 Å². The zero-order chi connectivity index (χ0) is 15.4. The van der Waals surface area contributed by atoms with Crippen LogP contribution in [-0.2, 0) is 0 Å². The van der Waals surface area contributed by atoms with Crippen LogP contribution in [0.3, 0.4) is 0 Å². The molecular weight excluding hydrogens is 279 g/mol. The molecule has 112 valence electrons. The fraction of sp³-hybridized carbons (Fsp3) is 0.308. The number of carboxylic acid groups (broad SMARTS) is 1. The Morgan fingerprint density at radius 1 is 1.38 bits per heavy atom. The molecule has 7 nitrogen and oxygen atoms in total. The Kier molecular flexibility index (Phi) is 4.49. The lowest BCUT2D eigenvalue weighted by molar-refractivity contribution is 0.0690. The Hall–Kier alpha value is -2.48. The van der Waals surface area contributed by atoms with E-state index in [1.54, 1.807) is 17.9 Å². The van der Waals surface area contributed by atoms with Gasteiger partial charge < -0.3 is 15.1 Å². The number of benzene rings is 1. The minimum Gasteiger partial charge on any atom is -0.476 e. The van der Waals surface area contributed by atoms with E-state index < -0.39 is 11.8 Å². The van der Waals surface area contributed by atoms with Crippen LogP contribution >= 0.6 is 0 Å². The van der Waals surface area contributed by atoms with E-state index in [0.29, 0.717) is 6.54 Å². The van der Waals surface area contributed by atoms with Crippen molar-refractivity contribution in [1.29, 1.82) is 0 Å². The number of nitrogens with zero attached hydrogens (tertiary/aromatic N) is 4. The van der Waals surface area contributed by atoms with Crippen LogP contribution in [0.15, 0.2) is 24.3 Å². The molecular formula is C13H15FN4O3. The average molecular weight is 294 g/mol. The van der Waals surface area contributed by atoms with Crippen LogP contribution in [0.4, 0.5) is 10.2 Å². The minimum absolute atomic E-state index is 0.0614. The smallest absolute Gasteiger partial charge is 0.360 e. The van der Waals surface area contributed by atoms with Crippen LogP contribution in [0.25, 0.3) is 5.69 Å². The number of hydrogen-bond acceptors (Lipinski definition) is 5. The third kappa shape index (κ3) is 3.00. The van der Waals surface area contributed by atoms with Crippen molar-refractivity contribution < 1.29 is 19.4 Å². The predicted octanol–water partition coefficient (Wildman–Crippen LogP) is 0.923. The summed E-state index contributed by atoms with van der Waals surface area (Å²) in [5.41, 5.74) is -0.222. The fourth-order valence-electron chi connectivity index (χ4n) is 1.91. The van der Waals surface area contributed by atoms with Gasteiger partial charge in [-0.1, -0.05) is 12.1 Å². The molecule has 2 N–H and O–H groups in total. The number of aliphatic hydroxyl groups is 1. The van der Waals surface area contributed by atoms with E-state index in [2.05, 4.69) is 10.2 Å². The highest BCUT2D eigenvalue weighted by Crippen LogP contribution is 2.19. The summed E-state index contributed by atoms with van der Waals surface area (Å²) in [6.07, 6.45) is 0.